The van der Waals surface area contributed by atoms with Crippen molar-refractivity contribution in [2.75, 3.05) is 33.2 Å². The van der Waals surface area contributed by atoms with Crippen LogP contribution in [0.2, 0.25) is 0 Å². The lowest BCUT2D eigenvalue weighted by Crippen LogP contribution is -2.45. The summed E-state index contributed by atoms with van der Waals surface area (Å²) in [5.74, 6) is 0.639. The fourth-order valence-electron chi connectivity index (χ4n) is 3.00. The van der Waals surface area contributed by atoms with Crippen LogP contribution in [0.5, 0.6) is 0 Å². The minimum atomic E-state index is -0.180. The van der Waals surface area contributed by atoms with Crippen LogP contribution in [0.25, 0.3) is 0 Å². The van der Waals surface area contributed by atoms with Gasteiger partial charge in [-0.15, -0.1) is 24.0 Å². The molecule has 0 radical (unpaired) electrons. The fraction of sp³-hybridized carbons (Fsp3) is 0.588. The SMILES string of the molecule is CCN1CCCC1CNC(=NC)NCCc1cccc(F)c1.I. The lowest BCUT2D eigenvalue weighted by molar-refractivity contribution is 0.267. The van der Waals surface area contributed by atoms with Gasteiger partial charge in [-0.2, -0.15) is 0 Å². The molecule has 1 aliphatic heterocycles. The van der Waals surface area contributed by atoms with E-state index >= 15 is 0 Å². The third kappa shape index (κ3) is 6.63. The Labute approximate surface area is 156 Å². The fourth-order valence-corrected chi connectivity index (χ4v) is 3.00. The van der Waals surface area contributed by atoms with Crippen molar-refractivity contribution in [1.82, 2.24) is 15.5 Å². The van der Waals surface area contributed by atoms with Crippen LogP contribution in [-0.4, -0.2) is 50.1 Å². The van der Waals surface area contributed by atoms with E-state index in [-0.39, 0.29) is 29.8 Å². The highest BCUT2D eigenvalue weighted by Crippen LogP contribution is 2.15. The number of likely N-dealkylation sites (tertiary alicyclic amines) is 1. The predicted molar refractivity (Wildman–Crippen MR) is 105 cm³/mol. The highest BCUT2D eigenvalue weighted by molar-refractivity contribution is 14.0. The smallest absolute Gasteiger partial charge is 0.191 e. The molecule has 1 aromatic carbocycles. The molecule has 1 unspecified atom stereocenters. The maximum absolute atomic E-state index is 13.1. The molecule has 1 saturated heterocycles. The Kier molecular flexibility index (Phi) is 9.47. The molecule has 1 atom stereocenters. The second-order valence-electron chi connectivity index (χ2n) is 5.68. The van der Waals surface area contributed by atoms with E-state index < -0.39 is 0 Å². The molecule has 2 N–H and O–H groups in total. The highest BCUT2D eigenvalue weighted by atomic mass is 127. The van der Waals surface area contributed by atoms with Crippen LogP contribution in [0.15, 0.2) is 29.3 Å². The van der Waals surface area contributed by atoms with Crippen LogP contribution in [0, 0.1) is 5.82 Å². The van der Waals surface area contributed by atoms with E-state index in [0.29, 0.717) is 6.04 Å². The van der Waals surface area contributed by atoms with Gasteiger partial charge in [-0.25, -0.2) is 4.39 Å². The molecule has 1 aromatic rings. The van der Waals surface area contributed by atoms with Gasteiger partial charge in [-0.05, 0) is 50.0 Å². The van der Waals surface area contributed by atoms with Crippen LogP contribution < -0.4 is 10.6 Å². The van der Waals surface area contributed by atoms with Crippen LogP contribution in [0.4, 0.5) is 4.39 Å². The van der Waals surface area contributed by atoms with Gasteiger partial charge in [0.15, 0.2) is 5.96 Å². The number of benzene rings is 1. The molecule has 0 amide bonds. The molecular weight excluding hydrogens is 406 g/mol. The van der Waals surface area contributed by atoms with Gasteiger partial charge in [-0.3, -0.25) is 9.89 Å². The standard InChI is InChI=1S/C17H27FN4.HI/c1-3-22-11-5-8-16(22)13-21-17(19-2)20-10-9-14-6-4-7-15(18)12-14;/h4,6-7,12,16H,3,5,8-11,13H2,1-2H3,(H2,19,20,21);1H. The van der Waals surface area contributed by atoms with Gasteiger partial charge >= 0.3 is 0 Å². The summed E-state index contributed by atoms with van der Waals surface area (Å²) in [6.07, 6.45) is 3.32. The van der Waals surface area contributed by atoms with Gasteiger partial charge in [0.05, 0.1) is 0 Å². The summed E-state index contributed by atoms with van der Waals surface area (Å²) in [4.78, 5) is 6.76. The second-order valence-corrected chi connectivity index (χ2v) is 5.68. The summed E-state index contributed by atoms with van der Waals surface area (Å²) in [7, 11) is 1.78. The molecule has 6 heteroatoms. The molecule has 0 bridgehead atoms. The number of rotatable bonds is 6. The Bertz CT molecular complexity index is 495. The summed E-state index contributed by atoms with van der Waals surface area (Å²) < 4.78 is 13.1. The van der Waals surface area contributed by atoms with E-state index in [1.807, 2.05) is 6.07 Å². The average molecular weight is 434 g/mol. The maximum Gasteiger partial charge on any atom is 0.191 e. The average Bonchev–Trinajstić information content (AvgIpc) is 2.98. The van der Waals surface area contributed by atoms with Crippen molar-refractivity contribution < 1.29 is 4.39 Å². The molecule has 4 nitrogen and oxygen atoms in total. The zero-order chi connectivity index (χ0) is 15.8. The molecule has 0 spiro atoms. The van der Waals surface area contributed by atoms with E-state index in [1.54, 1.807) is 19.2 Å². The molecular formula is C17H28FIN4. The van der Waals surface area contributed by atoms with Crippen LogP contribution >= 0.6 is 24.0 Å². The highest BCUT2D eigenvalue weighted by Gasteiger charge is 2.22. The van der Waals surface area contributed by atoms with E-state index in [1.165, 1.54) is 25.5 Å². The number of hydrogen-bond acceptors (Lipinski definition) is 2. The Morgan fingerprint density at radius 1 is 1.39 bits per heavy atom. The first-order valence-corrected chi connectivity index (χ1v) is 8.16. The lowest BCUT2D eigenvalue weighted by Gasteiger charge is -2.24. The van der Waals surface area contributed by atoms with Crippen molar-refractivity contribution >= 4 is 29.9 Å². The number of nitrogens with one attached hydrogen (secondary N) is 2. The summed E-state index contributed by atoms with van der Waals surface area (Å²) in [5, 5.41) is 6.69. The summed E-state index contributed by atoms with van der Waals surface area (Å²) in [5.41, 5.74) is 0.996. The van der Waals surface area contributed by atoms with Gasteiger partial charge in [0.2, 0.25) is 0 Å². The third-order valence-electron chi connectivity index (χ3n) is 4.23. The first-order valence-electron chi connectivity index (χ1n) is 8.16. The molecule has 130 valence electrons. The first-order chi connectivity index (χ1) is 10.7. The molecule has 2 rings (SSSR count). The topological polar surface area (TPSA) is 39.7 Å². The van der Waals surface area contributed by atoms with E-state index in [0.717, 1.165) is 37.6 Å². The van der Waals surface area contributed by atoms with E-state index in [4.69, 9.17) is 0 Å². The zero-order valence-electron chi connectivity index (χ0n) is 14.0. The minimum absolute atomic E-state index is 0. The van der Waals surface area contributed by atoms with Crippen molar-refractivity contribution in [1.29, 1.82) is 0 Å². The van der Waals surface area contributed by atoms with Crippen LogP contribution in [0.1, 0.15) is 25.3 Å². The maximum atomic E-state index is 13.1. The molecule has 0 aromatic heterocycles. The molecule has 0 saturated carbocycles. The number of guanidine groups is 1. The van der Waals surface area contributed by atoms with Crippen molar-refractivity contribution in [2.45, 2.75) is 32.2 Å². The van der Waals surface area contributed by atoms with Crippen LogP contribution in [-0.2, 0) is 6.42 Å². The predicted octanol–water partition coefficient (Wildman–Crippen LogP) is 2.64. The Morgan fingerprint density at radius 3 is 2.91 bits per heavy atom. The summed E-state index contributed by atoms with van der Waals surface area (Å²) in [6.45, 7) is 6.19. The monoisotopic (exact) mass is 434 g/mol. The zero-order valence-corrected chi connectivity index (χ0v) is 16.3. The normalized spacial score (nSPS) is 18.6. The number of hydrogen-bond donors (Lipinski definition) is 2. The largest absolute Gasteiger partial charge is 0.356 e. The molecule has 0 aliphatic carbocycles. The molecule has 1 heterocycles. The number of likely N-dealkylation sites (N-methyl/N-ethyl adjacent to an activating group) is 1. The summed E-state index contributed by atoms with van der Waals surface area (Å²) >= 11 is 0. The van der Waals surface area contributed by atoms with E-state index in [9.17, 15) is 4.39 Å². The molecule has 1 fully saturated rings. The Hall–Kier alpha value is -0.890. The van der Waals surface area contributed by atoms with Crippen molar-refractivity contribution in [3.8, 4) is 0 Å². The van der Waals surface area contributed by atoms with E-state index in [2.05, 4.69) is 27.4 Å². The van der Waals surface area contributed by atoms with Gasteiger partial charge in [-0.1, -0.05) is 19.1 Å². The van der Waals surface area contributed by atoms with Crippen LogP contribution in [0.3, 0.4) is 0 Å². The molecule has 1 aliphatic rings. The van der Waals surface area contributed by atoms with Gasteiger partial charge in [0, 0.05) is 26.2 Å². The van der Waals surface area contributed by atoms with Crippen molar-refractivity contribution in [2.24, 2.45) is 4.99 Å². The first kappa shape index (κ1) is 20.2. The third-order valence-corrected chi connectivity index (χ3v) is 4.23. The summed E-state index contributed by atoms with van der Waals surface area (Å²) in [6, 6.07) is 7.34. The lowest BCUT2D eigenvalue weighted by atomic mass is 10.1. The number of aliphatic imine (C=N–C) groups is 1. The Balaban J connectivity index is 0.00000264. The molecule has 23 heavy (non-hydrogen) atoms. The van der Waals surface area contributed by atoms with Gasteiger partial charge in [0.25, 0.3) is 0 Å². The second kappa shape index (κ2) is 10.8. The van der Waals surface area contributed by atoms with Gasteiger partial charge < -0.3 is 10.6 Å². The minimum Gasteiger partial charge on any atom is -0.356 e. The van der Waals surface area contributed by atoms with Gasteiger partial charge in [0.1, 0.15) is 5.82 Å². The Morgan fingerprint density at radius 2 is 2.22 bits per heavy atom. The quantitative estimate of drug-likeness (QED) is 0.411. The van der Waals surface area contributed by atoms with Crippen molar-refractivity contribution in [3.05, 3.63) is 35.6 Å². The number of halogens is 2. The van der Waals surface area contributed by atoms with Crippen molar-refractivity contribution in [3.63, 3.8) is 0 Å². The number of nitrogens with zero attached hydrogens (tertiary/aromatic N) is 2.